The molecule has 3 nitrogen and oxygen atoms in total. The van der Waals surface area contributed by atoms with Gasteiger partial charge in [0.05, 0.1) is 5.52 Å². The van der Waals surface area contributed by atoms with E-state index in [1.807, 2.05) is 7.85 Å². The van der Waals surface area contributed by atoms with Crippen LogP contribution in [0.2, 0.25) is 0 Å². The first-order valence-electron chi connectivity index (χ1n) is 5.79. The van der Waals surface area contributed by atoms with Crippen LogP contribution in [0.3, 0.4) is 0 Å². The van der Waals surface area contributed by atoms with Crippen molar-refractivity contribution in [2.45, 2.75) is 26.4 Å². The van der Waals surface area contributed by atoms with Gasteiger partial charge in [0.1, 0.15) is 19.3 Å². The van der Waals surface area contributed by atoms with Crippen LogP contribution in [0.25, 0.3) is 10.9 Å². The molecule has 0 unspecified atom stereocenters. The zero-order valence-corrected chi connectivity index (χ0v) is 11.0. The average Bonchev–Trinajstić information content (AvgIpc) is 2.56. The number of rotatable bonds is 0. The fraction of sp³-hybridized carbons (Fsp3) is 0.308. The minimum Gasteiger partial charge on any atom is -0.443 e. The molecule has 0 fully saturated rings. The molecule has 0 spiro atoms. The molecular formula is C13H15BFNO2. The highest BCUT2D eigenvalue weighted by atomic mass is 19.1. The van der Waals surface area contributed by atoms with E-state index in [0.29, 0.717) is 0 Å². The van der Waals surface area contributed by atoms with Gasteiger partial charge >= 0.3 is 6.09 Å². The smallest absolute Gasteiger partial charge is 0.419 e. The Labute approximate surface area is 106 Å². The monoisotopic (exact) mass is 247 g/mol. The van der Waals surface area contributed by atoms with Gasteiger partial charge in [-0.2, -0.15) is 0 Å². The summed E-state index contributed by atoms with van der Waals surface area (Å²) in [6, 6.07) is 4.75. The first-order valence-corrected chi connectivity index (χ1v) is 5.79. The summed E-state index contributed by atoms with van der Waals surface area (Å²) in [5, 5.41) is 0.723. The number of aromatic nitrogens is 1. The number of carbonyl (C=O) groups excluding carboxylic acids is 1. The lowest BCUT2D eigenvalue weighted by Crippen LogP contribution is -2.27. The van der Waals surface area contributed by atoms with Crippen LogP contribution in [-0.2, 0) is 4.74 Å². The second-order valence-corrected chi connectivity index (χ2v) is 5.30. The summed E-state index contributed by atoms with van der Waals surface area (Å²) < 4.78 is 20.3. The number of halogens is 1. The first-order chi connectivity index (χ1) is 8.29. The Hall–Kier alpha value is -1.78. The van der Waals surface area contributed by atoms with Crippen LogP contribution in [0.15, 0.2) is 24.4 Å². The summed E-state index contributed by atoms with van der Waals surface area (Å²) in [5.74, 6) is -0.425. The van der Waals surface area contributed by atoms with Crippen molar-refractivity contribution in [2.24, 2.45) is 0 Å². The van der Waals surface area contributed by atoms with E-state index in [2.05, 4.69) is 0 Å². The van der Waals surface area contributed by atoms with Gasteiger partial charge < -0.3 is 4.74 Å². The van der Waals surface area contributed by atoms with E-state index in [-0.39, 0.29) is 5.52 Å². The van der Waals surface area contributed by atoms with Gasteiger partial charge in [0.2, 0.25) is 0 Å². The standard InChI is InChI=1S/C13H15BFNO2/c1-13(2,3)18-12(17)16-7-9(14)8-5-4-6-10(15)11(8)16/h4-7H,14H2,1-3H3. The topological polar surface area (TPSA) is 31.2 Å². The third kappa shape index (κ3) is 2.25. The quantitative estimate of drug-likeness (QED) is 0.665. The highest BCUT2D eigenvalue weighted by molar-refractivity contribution is 6.39. The number of benzene rings is 1. The van der Waals surface area contributed by atoms with Gasteiger partial charge in [-0.1, -0.05) is 17.6 Å². The average molecular weight is 247 g/mol. The van der Waals surface area contributed by atoms with E-state index >= 15 is 0 Å². The number of para-hydroxylation sites is 1. The van der Waals surface area contributed by atoms with Crippen molar-refractivity contribution in [3.8, 4) is 0 Å². The van der Waals surface area contributed by atoms with Crippen LogP contribution < -0.4 is 5.46 Å². The molecule has 18 heavy (non-hydrogen) atoms. The molecule has 0 bridgehead atoms. The van der Waals surface area contributed by atoms with Crippen molar-refractivity contribution in [2.75, 3.05) is 0 Å². The summed E-state index contributed by atoms with van der Waals surface area (Å²) in [5.41, 5.74) is 0.506. The maximum absolute atomic E-state index is 13.8. The Morgan fingerprint density at radius 2 is 2.06 bits per heavy atom. The first kappa shape index (κ1) is 12.7. The van der Waals surface area contributed by atoms with E-state index in [1.54, 1.807) is 39.1 Å². The van der Waals surface area contributed by atoms with Crippen LogP contribution in [0.4, 0.5) is 9.18 Å². The fourth-order valence-electron chi connectivity index (χ4n) is 1.86. The van der Waals surface area contributed by atoms with Gasteiger partial charge in [0.25, 0.3) is 0 Å². The molecule has 0 aliphatic carbocycles. The van der Waals surface area contributed by atoms with Crippen LogP contribution in [0, 0.1) is 5.82 Å². The normalized spacial score (nSPS) is 11.8. The third-order valence-corrected chi connectivity index (χ3v) is 2.57. The van der Waals surface area contributed by atoms with Gasteiger partial charge in [0.15, 0.2) is 0 Å². The maximum atomic E-state index is 13.8. The molecule has 0 amide bonds. The van der Waals surface area contributed by atoms with Crippen molar-refractivity contribution in [1.29, 1.82) is 0 Å². The molecule has 1 aromatic carbocycles. The Bertz CT molecular complexity index is 613. The Morgan fingerprint density at radius 3 is 2.67 bits per heavy atom. The summed E-state index contributed by atoms with van der Waals surface area (Å²) in [6.07, 6.45) is 1.03. The van der Waals surface area contributed by atoms with Gasteiger partial charge in [-0.25, -0.2) is 9.18 Å². The molecular weight excluding hydrogens is 232 g/mol. The molecule has 0 saturated heterocycles. The lowest BCUT2D eigenvalue weighted by atomic mass is 9.96. The van der Waals surface area contributed by atoms with Crippen molar-refractivity contribution in [3.63, 3.8) is 0 Å². The highest BCUT2D eigenvalue weighted by Gasteiger charge is 2.21. The summed E-state index contributed by atoms with van der Waals surface area (Å²) in [6.45, 7) is 5.33. The summed E-state index contributed by atoms with van der Waals surface area (Å²) >= 11 is 0. The highest BCUT2D eigenvalue weighted by Crippen LogP contribution is 2.19. The zero-order chi connectivity index (χ0) is 13.5. The van der Waals surface area contributed by atoms with E-state index < -0.39 is 17.5 Å². The molecule has 0 aliphatic heterocycles. The SMILES string of the molecule is Bc1cn(C(=O)OC(C)(C)C)c2c(F)cccc12. The number of hydrogen-bond donors (Lipinski definition) is 0. The van der Waals surface area contributed by atoms with Crippen molar-refractivity contribution in [3.05, 3.63) is 30.2 Å². The molecule has 2 rings (SSSR count). The predicted molar refractivity (Wildman–Crippen MR) is 71.7 cm³/mol. The van der Waals surface area contributed by atoms with Gasteiger partial charge in [0, 0.05) is 6.20 Å². The van der Waals surface area contributed by atoms with Crippen LogP contribution in [0.5, 0.6) is 0 Å². The fourth-order valence-corrected chi connectivity index (χ4v) is 1.86. The molecule has 1 aromatic heterocycles. The summed E-state index contributed by atoms with van der Waals surface area (Å²) in [4.78, 5) is 12.0. The molecule has 2 aromatic rings. The molecule has 5 heteroatoms. The predicted octanol–water partition coefficient (Wildman–Crippen LogP) is 1.82. The van der Waals surface area contributed by atoms with E-state index in [4.69, 9.17) is 4.74 Å². The molecule has 0 atom stereocenters. The van der Waals surface area contributed by atoms with Gasteiger partial charge in [-0.15, -0.1) is 0 Å². The molecule has 0 radical (unpaired) electrons. The zero-order valence-electron chi connectivity index (χ0n) is 11.0. The molecule has 0 saturated carbocycles. The minimum absolute atomic E-state index is 0.268. The van der Waals surface area contributed by atoms with Crippen molar-refractivity contribution in [1.82, 2.24) is 4.57 Å². The number of carbonyl (C=O) groups is 1. The molecule has 0 aliphatic rings. The van der Waals surface area contributed by atoms with Crippen LogP contribution >= 0.6 is 0 Å². The van der Waals surface area contributed by atoms with Crippen LogP contribution in [-0.4, -0.2) is 24.1 Å². The second-order valence-electron chi connectivity index (χ2n) is 5.30. The van der Waals surface area contributed by atoms with Crippen molar-refractivity contribution < 1.29 is 13.9 Å². The lowest BCUT2D eigenvalue weighted by Gasteiger charge is -2.19. The molecule has 94 valence electrons. The molecule has 1 heterocycles. The van der Waals surface area contributed by atoms with Crippen LogP contribution in [0.1, 0.15) is 20.8 Å². The number of ether oxygens (including phenoxy) is 1. The summed E-state index contributed by atoms with van der Waals surface area (Å²) in [7, 11) is 1.84. The van der Waals surface area contributed by atoms with E-state index in [9.17, 15) is 9.18 Å². The number of fused-ring (bicyclic) bond motifs is 1. The lowest BCUT2D eigenvalue weighted by molar-refractivity contribution is 0.0544. The second kappa shape index (κ2) is 4.16. The number of hydrogen-bond acceptors (Lipinski definition) is 2. The Kier molecular flexibility index (Phi) is 2.93. The Morgan fingerprint density at radius 1 is 1.39 bits per heavy atom. The van der Waals surface area contributed by atoms with Gasteiger partial charge in [-0.3, -0.25) is 4.57 Å². The molecule has 0 N–H and O–H groups in total. The van der Waals surface area contributed by atoms with Gasteiger partial charge in [-0.05, 0) is 32.2 Å². The third-order valence-electron chi connectivity index (χ3n) is 2.57. The largest absolute Gasteiger partial charge is 0.443 e. The Balaban J connectivity index is 2.55. The number of nitrogens with zero attached hydrogens (tertiary/aromatic N) is 1. The van der Waals surface area contributed by atoms with E-state index in [1.165, 1.54) is 10.6 Å². The maximum Gasteiger partial charge on any atom is 0.419 e. The minimum atomic E-state index is -0.604. The van der Waals surface area contributed by atoms with Crippen molar-refractivity contribution >= 4 is 30.3 Å². The van der Waals surface area contributed by atoms with E-state index in [0.717, 1.165) is 10.8 Å².